The average Bonchev–Trinajstić information content (AvgIpc) is 3.17. The average molecular weight is 316 g/mol. The van der Waals surface area contributed by atoms with Crippen molar-refractivity contribution in [2.75, 3.05) is 31.1 Å². The van der Waals surface area contributed by atoms with Crippen LogP contribution in [0.4, 0.5) is 5.82 Å². The summed E-state index contributed by atoms with van der Waals surface area (Å²) in [4.78, 5) is 4.85. The minimum Gasteiger partial charge on any atom is -0.373 e. The van der Waals surface area contributed by atoms with E-state index in [1.807, 2.05) is 13.0 Å². The van der Waals surface area contributed by atoms with E-state index in [0.717, 1.165) is 44.3 Å². The molecule has 0 spiro atoms. The van der Waals surface area contributed by atoms with Crippen LogP contribution in [0.15, 0.2) is 29.0 Å². The third kappa shape index (κ3) is 2.74. The van der Waals surface area contributed by atoms with Crippen LogP contribution in [0.2, 0.25) is 0 Å². The molecule has 2 aliphatic rings. The molecule has 22 heavy (non-hydrogen) atoms. The molecule has 2 aromatic rings. The van der Waals surface area contributed by atoms with Gasteiger partial charge in [0.2, 0.25) is 0 Å². The lowest BCUT2D eigenvalue weighted by atomic mass is 10.1. The molecular weight excluding hydrogens is 296 g/mol. The Balaban J connectivity index is 1.50. The summed E-state index contributed by atoms with van der Waals surface area (Å²) in [5.74, 6) is 0.973. The molecule has 0 N–H and O–H groups in total. The normalized spacial score (nSPS) is 25.4. The van der Waals surface area contributed by atoms with Crippen molar-refractivity contribution in [3.63, 3.8) is 0 Å². The van der Waals surface area contributed by atoms with Gasteiger partial charge in [0.1, 0.15) is 0 Å². The van der Waals surface area contributed by atoms with E-state index in [4.69, 9.17) is 4.74 Å². The van der Waals surface area contributed by atoms with Crippen LogP contribution in [0.1, 0.15) is 11.3 Å². The molecule has 0 amide bonds. The number of thiophene rings is 1. The van der Waals surface area contributed by atoms with E-state index in [-0.39, 0.29) is 6.10 Å². The maximum absolute atomic E-state index is 6.00. The number of nitrogens with zero attached hydrogens (tertiary/aromatic N) is 4. The highest BCUT2D eigenvalue weighted by molar-refractivity contribution is 7.07. The first-order valence-corrected chi connectivity index (χ1v) is 8.66. The summed E-state index contributed by atoms with van der Waals surface area (Å²) in [6, 6.07) is 6.69. The molecule has 2 saturated heterocycles. The second-order valence-electron chi connectivity index (χ2n) is 6.03. The number of anilines is 1. The molecule has 0 aliphatic carbocycles. The van der Waals surface area contributed by atoms with E-state index >= 15 is 0 Å². The number of likely N-dealkylation sites (tertiary alicyclic amines) is 1. The van der Waals surface area contributed by atoms with Gasteiger partial charge >= 0.3 is 0 Å². The number of fused-ring (bicyclic) bond motifs is 1. The molecular formula is C16H20N4OS. The standard InChI is InChI=1S/C16H20N4OS/c1-12-2-3-16(18-17-12)20-5-6-21-15-10-19(9-14(15)20)8-13-4-7-22-11-13/h2-4,7,11,14-15H,5-6,8-10H2,1H3/t14-,15+/m0/s1. The van der Waals surface area contributed by atoms with Crippen molar-refractivity contribution >= 4 is 17.2 Å². The van der Waals surface area contributed by atoms with Gasteiger partial charge in [0.05, 0.1) is 24.4 Å². The van der Waals surface area contributed by atoms with Crippen LogP contribution in [0, 0.1) is 6.92 Å². The smallest absolute Gasteiger partial charge is 0.151 e. The van der Waals surface area contributed by atoms with Crippen molar-refractivity contribution in [2.45, 2.75) is 25.6 Å². The molecule has 0 unspecified atom stereocenters. The van der Waals surface area contributed by atoms with Gasteiger partial charge in [-0.05, 0) is 41.4 Å². The molecule has 2 aromatic heterocycles. The van der Waals surface area contributed by atoms with Crippen molar-refractivity contribution in [3.05, 3.63) is 40.2 Å². The maximum Gasteiger partial charge on any atom is 0.151 e. The van der Waals surface area contributed by atoms with Crippen LogP contribution in [0.25, 0.3) is 0 Å². The molecule has 2 atom stereocenters. The van der Waals surface area contributed by atoms with Crippen LogP contribution < -0.4 is 4.90 Å². The van der Waals surface area contributed by atoms with Gasteiger partial charge in [-0.3, -0.25) is 4.90 Å². The monoisotopic (exact) mass is 316 g/mol. The summed E-state index contributed by atoms with van der Waals surface area (Å²) in [6.45, 7) is 6.66. The van der Waals surface area contributed by atoms with Crippen LogP contribution in [0.3, 0.4) is 0 Å². The Bertz CT molecular complexity index is 616. The number of rotatable bonds is 3. The fourth-order valence-corrected chi connectivity index (χ4v) is 4.02. The number of hydrogen-bond acceptors (Lipinski definition) is 6. The van der Waals surface area contributed by atoms with E-state index in [1.165, 1.54) is 5.56 Å². The Kier molecular flexibility index (Phi) is 3.82. The van der Waals surface area contributed by atoms with Gasteiger partial charge in [-0.15, -0.1) is 5.10 Å². The zero-order valence-electron chi connectivity index (χ0n) is 12.7. The first kappa shape index (κ1) is 14.1. The van der Waals surface area contributed by atoms with E-state index < -0.39 is 0 Å². The third-order valence-corrected chi connectivity index (χ3v) is 5.17. The molecule has 0 bridgehead atoms. The van der Waals surface area contributed by atoms with Gasteiger partial charge in [0.15, 0.2) is 5.82 Å². The van der Waals surface area contributed by atoms with Gasteiger partial charge in [-0.25, -0.2) is 0 Å². The van der Waals surface area contributed by atoms with Crippen LogP contribution >= 0.6 is 11.3 Å². The molecule has 0 saturated carbocycles. The molecule has 5 nitrogen and oxygen atoms in total. The van der Waals surface area contributed by atoms with Crippen LogP contribution in [-0.2, 0) is 11.3 Å². The molecule has 0 aromatic carbocycles. The van der Waals surface area contributed by atoms with E-state index in [9.17, 15) is 0 Å². The SMILES string of the molecule is Cc1ccc(N2CCO[C@@H]3CN(Cc4ccsc4)C[C@@H]32)nn1. The quantitative estimate of drug-likeness (QED) is 0.865. The summed E-state index contributed by atoms with van der Waals surface area (Å²) in [7, 11) is 0. The first-order valence-electron chi connectivity index (χ1n) is 7.71. The molecule has 116 valence electrons. The lowest BCUT2D eigenvalue weighted by Gasteiger charge is -2.37. The number of ether oxygens (including phenoxy) is 1. The van der Waals surface area contributed by atoms with Crippen molar-refractivity contribution < 1.29 is 4.74 Å². The molecule has 4 heterocycles. The zero-order valence-corrected chi connectivity index (χ0v) is 13.5. The zero-order chi connectivity index (χ0) is 14.9. The first-order chi connectivity index (χ1) is 10.8. The molecule has 4 rings (SSSR count). The molecule has 6 heteroatoms. The van der Waals surface area contributed by atoms with E-state index in [2.05, 4.69) is 42.9 Å². The second kappa shape index (κ2) is 5.95. The summed E-state index contributed by atoms with van der Waals surface area (Å²) in [5, 5.41) is 12.9. The fraction of sp³-hybridized carbons (Fsp3) is 0.500. The Morgan fingerprint density at radius 3 is 3.00 bits per heavy atom. The third-order valence-electron chi connectivity index (χ3n) is 4.44. The Hall–Kier alpha value is -1.50. The predicted octanol–water partition coefficient (Wildman–Crippen LogP) is 1.94. The van der Waals surface area contributed by atoms with E-state index in [0.29, 0.717) is 6.04 Å². The minimum absolute atomic E-state index is 0.274. The molecule has 2 fully saturated rings. The van der Waals surface area contributed by atoms with Crippen LogP contribution in [-0.4, -0.2) is 53.5 Å². The van der Waals surface area contributed by atoms with Gasteiger partial charge in [0, 0.05) is 26.2 Å². The minimum atomic E-state index is 0.274. The van der Waals surface area contributed by atoms with E-state index in [1.54, 1.807) is 11.3 Å². The highest BCUT2D eigenvalue weighted by Gasteiger charge is 2.40. The summed E-state index contributed by atoms with van der Waals surface area (Å²) >= 11 is 1.76. The van der Waals surface area contributed by atoms with Gasteiger partial charge in [-0.1, -0.05) is 0 Å². The van der Waals surface area contributed by atoms with Crippen molar-refractivity contribution in [1.82, 2.24) is 15.1 Å². The summed E-state index contributed by atoms with van der Waals surface area (Å²) < 4.78 is 6.00. The fourth-order valence-electron chi connectivity index (χ4n) is 3.36. The van der Waals surface area contributed by atoms with Gasteiger partial charge in [0.25, 0.3) is 0 Å². The number of hydrogen-bond donors (Lipinski definition) is 0. The summed E-state index contributed by atoms with van der Waals surface area (Å²) in [6.07, 6.45) is 0.274. The topological polar surface area (TPSA) is 41.5 Å². The van der Waals surface area contributed by atoms with Crippen molar-refractivity contribution in [3.8, 4) is 0 Å². The molecule has 0 radical (unpaired) electrons. The van der Waals surface area contributed by atoms with Gasteiger partial charge in [-0.2, -0.15) is 16.4 Å². The van der Waals surface area contributed by atoms with Crippen LogP contribution in [0.5, 0.6) is 0 Å². The Labute approximate surface area is 134 Å². The number of aryl methyl sites for hydroxylation is 1. The highest BCUT2D eigenvalue weighted by Crippen LogP contribution is 2.27. The largest absolute Gasteiger partial charge is 0.373 e. The van der Waals surface area contributed by atoms with Gasteiger partial charge < -0.3 is 9.64 Å². The highest BCUT2D eigenvalue weighted by atomic mass is 32.1. The number of morpholine rings is 1. The lowest BCUT2D eigenvalue weighted by Crippen LogP contribution is -2.51. The maximum atomic E-state index is 6.00. The van der Waals surface area contributed by atoms with Crippen molar-refractivity contribution in [2.24, 2.45) is 0 Å². The Morgan fingerprint density at radius 2 is 2.23 bits per heavy atom. The summed E-state index contributed by atoms with van der Waals surface area (Å²) in [5.41, 5.74) is 2.35. The van der Waals surface area contributed by atoms with Crippen molar-refractivity contribution in [1.29, 1.82) is 0 Å². The molecule has 2 aliphatic heterocycles. The number of aromatic nitrogens is 2. The lowest BCUT2D eigenvalue weighted by molar-refractivity contribution is 0.0303. The predicted molar refractivity (Wildman–Crippen MR) is 87.2 cm³/mol. The Morgan fingerprint density at radius 1 is 1.27 bits per heavy atom. The second-order valence-corrected chi connectivity index (χ2v) is 6.81.